The summed E-state index contributed by atoms with van der Waals surface area (Å²) in [6.07, 6.45) is 3.44. The van der Waals surface area contributed by atoms with E-state index in [1.54, 1.807) is 121 Å². The third-order valence-electron chi connectivity index (χ3n) is 19.6. The molecule has 0 N–H and O–H groups in total. The van der Waals surface area contributed by atoms with Gasteiger partial charge in [-0.3, -0.25) is 0 Å². The summed E-state index contributed by atoms with van der Waals surface area (Å²) in [4.78, 5) is 2.15. The second kappa shape index (κ2) is 26.2. The van der Waals surface area contributed by atoms with Gasteiger partial charge in [-0.05, 0) is 210 Å². The van der Waals surface area contributed by atoms with Crippen LogP contribution in [-0.2, 0) is 10.8 Å². The Hall–Kier alpha value is -12.9. The van der Waals surface area contributed by atoms with Crippen LogP contribution in [0.3, 0.4) is 0 Å². The van der Waals surface area contributed by atoms with Crippen molar-refractivity contribution in [3.05, 3.63) is 418 Å². The molecule has 506 valence electrons. The van der Waals surface area contributed by atoms with Crippen LogP contribution >= 0.6 is 0 Å². The van der Waals surface area contributed by atoms with Gasteiger partial charge in [0.25, 0.3) is 0 Å². The quantitative estimate of drug-likeness (QED) is 0.0670. The van der Waals surface area contributed by atoms with Crippen LogP contribution in [-0.4, -0.2) is 0 Å². The lowest BCUT2D eigenvalue weighted by Gasteiger charge is -2.35. The molecule has 2 aliphatic rings. The molecule has 0 fully saturated rings. The number of hydrogen-bond acceptors (Lipinski definition) is 4. The van der Waals surface area contributed by atoms with Crippen molar-refractivity contribution < 1.29 is 53.4 Å². The van der Waals surface area contributed by atoms with E-state index in [-0.39, 0.29) is 34.9 Å². The Morgan fingerprint density at radius 2 is 0.548 bits per heavy atom. The molecule has 16 rings (SSSR count). The van der Waals surface area contributed by atoms with Crippen molar-refractivity contribution in [2.45, 2.75) is 10.8 Å². The van der Waals surface area contributed by atoms with Gasteiger partial charge in [0.05, 0.1) is 10.8 Å². The molecule has 0 saturated heterocycles. The highest BCUT2D eigenvalue weighted by Gasteiger charge is 2.49. The molecule has 0 saturated carbocycles. The molecule has 14 heteroatoms. The molecule has 0 spiro atoms. The predicted octanol–water partition coefficient (Wildman–Crippen LogP) is 25.3. The number of fused-ring (bicyclic) bond motifs is 6. The number of benzene rings is 14. The van der Waals surface area contributed by atoms with Gasteiger partial charge < -0.3 is 19.3 Å². The zero-order valence-electron chi connectivity index (χ0n) is 54.8. The van der Waals surface area contributed by atoms with Crippen molar-refractivity contribution in [1.29, 1.82) is 0 Å². The van der Waals surface area contributed by atoms with Crippen LogP contribution in [0.15, 0.2) is 304 Å². The minimum atomic E-state index is -1.69. The number of halogens is 10. The van der Waals surface area contributed by atoms with E-state index >= 15 is 43.9 Å². The Morgan fingerprint density at radius 1 is 0.269 bits per heavy atom. The maximum absolute atomic E-state index is 16.7. The summed E-state index contributed by atoms with van der Waals surface area (Å²) >= 11 is 0. The lowest BCUT2D eigenvalue weighted by molar-refractivity contribution is 0.457. The standard InChI is InChI=1S/C90H54F10N2O2/c1-3-53-13-39-67(40-14-53)103-69-43-25-59(26-44-69)89(57-21-29-61(91)30-22-57)75-11-7-5-9-71(75)73-47-37-65(49-77(73)89)101(87-83(97)79(93)51-80(94)84(87)98)63-33-17-55(18-34-63)56-19-35-64(36-20-56)102(88-85(99)81(95)52-82(96)86(88)100)66-38-48-74-72-10-6-8-12-76(72)90(78(74)50-66,58-23-31-62(92)32-24-58)60-27-45-70(46-28-60)104-68-41-15-54(4-2)16-42-68/h3-52H,1-2H2. The van der Waals surface area contributed by atoms with Crippen LogP contribution in [0.2, 0.25) is 0 Å². The normalized spacial score (nSPS) is 14.6. The Balaban J connectivity index is 0.801. The second-order valence-corrected chi connectivity index (χ2v) is 25.3. The second-order valence-electron chi connectivity index (χ2n) is 25.3. The first kappa shape index (κ1) is 65.7. The molecular formula is C90H54F10N2O2. The summed E-state index contributed by atoms with van der Waals surface area (Å²) in [6.45, 7) is 7.65. The van der Waals surface area contributed by atoms with E-state index in [0.717, 1.165) is 43.2 Å². The first-order valence-corrected chi connectivity index (χ1v) is 33.0. The minimum Gasteiger partial charge on any atom is -0.457 e. The molecule has 0 amide bonds. The van der Waals surface area contributed by atoms with Crippen LogP contribution in [0.1, 0.15) is 55.6 Å². The van der Waals surface area contributed by atoms with E-state index < -0.39 is 80.4 Å². The fourth-order valence-corrected chi connectivity index (χ4v) is 14.9. The Labute approximate surface area is 591 Å². The maximum Gasteiger partial charge on any atom is 0.186 e. The molecule has 4 nitrogen and oxygen atoms in total. The number of rotatable bonds is 17. The van der Waals surface area contributed by atoms with Crippen molar-refractivity contribution in [2.75, 3.05) is 9.80 Å². The van der Waals surface area contributed by atoms with E-state index in [4.69, 9.17) is 9.47 Å². The highest BCUT2D eigenvalue weighted by molar-refractivity contribution is 5.92. The summed E-state index contributed by atoms with van der Waals surface area (Å²) in [5, 5.41) is 0. The number of hydrogen-bond donors (Lipinski definition) is 0. The molecule has 0 heterocycles. The lowest BCUT2D eigenvalue weighted by atomic mass is 9.67. The van der Waals surface area contributed by atoms with Gasteiger partial charge in [-0.1, -0.05) is 183 Å². The molecule has 0 aromatic heterocycles. The number of ether oxygens (including phenoxy) is 2. The van der Waals surface area contributed by atoms with Gasteiger partial charge in [-0.2, -0.15) is 0 Å². The van der Waals surface area contributed by atoms with Crippen molar-refractivity contribution >= 4 is 46.3 Å². The largest absolute Gasteiger partial charge is 0.457 e. The molecule has 104 heavy (non-hydrogen) atoms. The summed E-state index contributed by atoms with van der Waals surface area (Å²) in [7, 11) is 0. The van der Waals surface area contributed by atoms with Crippen molar-refractivity contribution in [1.82, 2.24) is 0 Å². The van der Waals surface area contributed by atoms with Gasteiger partial charge >= 0.3 is 0 Å². The molecule has 2 aliphatic carbocycles. The van der Waals surface area contributed by atoms with Gasteiger partial charge in [0.2, 0.25) is 0 Å². The smallest absolute Gasteiger partial charge is 0.186 e. The van der Waals surface area contributed by atoms with Crippen molar-refractivity contribution in [2.24, 2.45) is 0 Å². The van der Waals surface area contributed by atoms with Crippen molar-refractivity contribution in [3.8, 4) is 56.4 Å². The van der Waals surface area contributed by atoms with Crippen LogP contribution in [0.5, 0.6) is 23.0 Å². The van der Waals surface area contributed by atoms with Crippen molar-refractivity contribution in [3.63, 3.8) is 0 Å². The van der Waals surface area contributed by atoms with Crippen LogP contribution in [0.4, 0.5) is 78.0 Å². The minimum absolute atomic E-state index is 0.0402. The average molecular weight is 1390 g/mol. The Bertz CT molecular complexity index is 5290. The van der Waals surface area contributed by atoms with Gasteiger partial charge in [-0.15, -0.1) is 0 Å². The van der Waals surface area contributed by atoms with Gasteiger partial charge in [0.1, 0.15) is 46.0 Å². The first-order valence-electron chi connectivity index (χ1n) is 33.0. The topological polar surface area (TPSA) is 24.9 Å². The average Bonchev–Trinajstić information content (AvgIpc) is 1.50. The number of nitrogens with zero attached hydrogens (tertiary/aromatic N) is 2. The zero-order valence-corrected chi connectivity index (χ0v) is 54.8. The number of anilines is 6. The monoisotopic (exact) mass is 1380 g/mol. The SMILES string of the molecule is C=Cc1ccc(Oc2ccc(C3(c4ccc(F)cc4)c4ccccc4-c4ccc(N(c5ccc(-c6ccc(N(c7ccc8c(c7)C(c7ccc(F)cc7)(c7ccc(Oc9ccc(C=C)cc9)cc7)c7ccccc7-8)c7c(F)c(F)cc(F)c7F)cc6)cc5)c5c(F)c(F)cc(F)c5F)cc43)cc2)cc1. The maximum atomic E-state index is 16.7. The molecule has 14 aromatic rings. The van der Waals surface area contributed by atoms with E-state index in [0.29, 0.717) is 78.6 Å². The van der Waals surface area contributed by atoms with E-state index in [2.05, 4.69) is 13.2 Å². The summed E-state index contributed by atoms with van der Waals surface area (Å²) < 4.78 is 173. The van der Waals surface area contributed by atoms with Crippen LogP contribution in [0.25, 0.3) is 45.5 Å². The third-order valence-corrected chi connectivity index (χ3v) is 19.6. The van der Waals surface area contributed by atoms with Gasteiger partial charge in [0, 0.05) is 34.9 Å². The lowest BCUT2D eigenvalue weighted by Crippen LogP contribution is -2.29. The highest BCUT2D eigenvalue weighted by atomic mass is 19.2. The fraction of sp³-hybridized carbons (Fsp3) is 0.0222. The van der Waals surface area contributed by atoms with E-state index in [1.807, 2.05) is 121 Å². The molecule has 2 atom stereocenters. The molecule has 14 aromatic carbocycles. The summed E-state index contributed by atoms with van der Waals surface area (Å²) in [5.74, 6) is -12.3. The van der Waals surface area contributed by atoms with E-state index in [1.165, 1.54) is 48.5 Å². The van der Waals surface area contributed by atoms with Gasteiger partial charge in [-0.25, -0.2) is 43.9 Å². The molecule has 0 bridgehead atoms. The fourth-order valence-electron chi connectivity index (χ4n) is 14.9. The van der Waals surface area contributed by atoms with Gasteiger partial charge in [0.15, 0.2) is 46.5 Å². The Morgan fingerprint density at radius 3 is 0.865 bits per heavy atom. The summed E-state index contributed by atoms with van der Waals surface area (Å²) in [6, 6.07) is 79.4. The highest BCUT2D eigenvalue weighted by Crippen LogP contribution is 2.60. The van der Waals surface area contributed by atoms with Crippen LogP contribution < -0.4 is 19.3 Å². The first-order chi connectivity index (χ1) is 50.5. The molecular weight excluding hydrogens is 1330 g/mol. The molecule has 2 unspecified atom stereocenters. The predicted molar refractivity (Wildman–Crippen MR) is 389 cm³/mol. The van der Waals surface area contributed by atoms with E-state index in [9.17, 15) is 0 Å². The molecule has 0 radical (unpaired) electrons. The Kier molecular flexibility index (Phi) is 16.6. The zero-order chi connectivity index (χ0) is 71.7. The summed E-state index contributed by atoms with van der Waals surface area (Å²) in [5.41, 5.74) is 6.61. The molecule has 0 aliphatic heterocycles. The van der Waals surface area contributed by atoms with Crippen LogP contribution in [0, 0.1) is 58.2 Å². The third kappa shape index (κ3) is 11.0.